The molecule has 3 fully saturated rings. The van der Waals surface area contributed by atoms with Crippen molar-refractivity contribution in [1.82, 2.24) is 20.0 Å². The van der Waals surface area contributed by atoms with Gasteiger partial charge < -0.3 is 9.80 Å². The van der Waals surface area contributed by atoms with Crippen LogP contribution in [0, 0.1) is 11.3 Å². The molecule has 2 aliphatic heterocycles. The normalized spacial score (nSPS) is 23.3. The van der Waals surface area contributed by atoms with Crippen LogP contribution in [0.15, 0.2) is 30.5 Å². The average molecular weight is 469 g/mol. The largest absolute Gasteiger partial charge is 0.342 e. The number of aromatic amines is 1. The zero-order valence-corrected chi connectivity index (χ0v) is 20.1. The Hall–Kier alpha value is -2.34. The maximum absolute atomic E-state index is 13.8. The predicted octanol–water partition coefficient (Wildman–Crippen LogP) is 5.21. The van der Waals surface area contributed by atoms with Crippen molar-refractivity contribution in [3.05, 3.63) is 41.2 Å². The van der Waals surface area contributed by atoms with Gasteiger partial charge in [0.15, 0.2) is 0 Å². The predicted molar refractivity (Wildman–Crippen MR) is 129 cm³/mol. The first-order valence-electron chi connectivity index (χ1n) is 12.4. The second kappa shape index (κ2) is 9.13. The molecular formula is C26H33ClN4O2. The number of halogens is 1. The van der Waals surface area contributed by atoms with E-state index in [0.717, 1.165) is 61.9 Å². The molecule has 7 heteroatoms. The molecule has 0 bridgehead atoms. The lowest BCUT2D eigenvalue weighted by atomic mass is 9.78. The number of rotatable bonds is 4. The van der Waals surface area contributed by atoms with Crippen LogP contribution in [0.4, 0.5) is 0 Å². The average Bonchev–Trinajstić information content (AvgIpc) is 3.60. The molecule has 5 rings (SSSR count). The van der Waals surface area contributed by atoms with Crippen molar-refractivity contribution in [2.24, 2.45) is 11.3 Å². The first-order chi connectivity index (χ1) is 16.0. The second-order valence-corrected chi connectivity index (χ2v) is 10.7. The first kappa shape index (κ1) is 22.5. The number of hydrogen-bond donors (Lipinski definition) is 1. The van der Waals surface area contributed by atoms with E-state index in [4.69, 9.17) is 11.6 Å². The Morgan fingerprint density at radius 3 is 2.58 bits per heavy atom. The molecule has 6 nitrogen and oxygen atoms in total. The molecule has 2 aromatic rings. The molecule has 1 N–H and O–H groups in total. The Morgan fingerprint density at radius 1 is 1.09 bits per heavy atom. The Balaban J connectivity index is 1.30. The van der Waals surface area contributed by atoms with E-state index in [2.05, 4.69) is 22.0 Å². The number of nitrogens with zero attached hydrogens (tertiary/aromatic N) is 3. The summed E-state index contributed by atoms with van der Waals surface area (Å²) in [5, 5.41) is 8.18. The lowest BCUT2D eigenvalue weighted by Crippen LogP contribution is -2.50. The third kappa shape index (κ3) is 4.30. The molecular weight excluding hydrogens is 436 g/mol. The summed E-state index contributed by atoms with van der Waals surface area (Å²) in [5.41, 5.74) is 2.58. The monoisotopic (exact) mass is 468 g/mol. The van der Waals surface area contributed by atoms with Gasteiger partial charge in [0.2, 0.25) is 11.8 Å². The van der Waals surface area contributed by atoms with E-state index in [9.17, 15) is 9.59 Å². The molecule has 3 aliphatic rings. The summed E-state index contributed by atoms with van der Waals surface area (Å²) in [6, 6.07) is 7.76. The summed E-state index contributed by atoms with van der Waals surface area (Å²) < 4.78 is 0. The number of carbonyl (C=O) groups excluding carboxylic acids is 2. The number of nitrogens with one attached hydrogen (secondary N) is 1. The van der Waals surface area contributed by atoms with Gasteiger partial charge in [-0.15, -0.1) is 0 Å². The Kier molecular flexibility index (Phi) is 6.21. The molecule has 1 aromatic carbocycles. The SMILES string of the molecule is CC1(C(=O)N2CCC[C@@H]2c2[nH]ncc2-c2cccc(Cl)c2)CCN(C(=O)C2CCCC2)CC1. The molecule has 1 aromatic heterocycles. The molecule has 1 aliphatic carbocycles. The molecule has 33 heavy (non-hydrogen) atoms. The highest BCUT2D eigenvalue weighted by molar-refractivity contribution is 6.30. The van der Waals surface area contributed by atoms with Gasteiger partial charge >= 0.3 is 0 Å². The Morgan fingerprint density at radius 2 is 1.85 bits per heavy atom. The van der Waals surface area contributed by atoms with Gasteiger partial charge in [0, 0.05) is 41.6 Å². The lowest BCUT2D eigenvalue weighted by Gasteiger charge is -2.42. The maximum Gasteiger partial charge on any atom is 0.229 e. The highest BCUT2D eigenvalue weighted by atomic mass is 35.5. The van der Waals surface area contributed by atoms with E-state index in [0.29, 0.717) is 24.0 Å². The van der Waals surface area contributed by atoms with Crippen LogP contribution in [0.1, 0.15) is 70.0 Å². The van der Waals surface area contributed by atoms with E-state index in [1.807, 2.05) is 35.4 Å². The van der Waals surface area contributed by atoms with E-state index in [1.54, 1.807) is 0 Å². The van der Waals surface area contributed by atoms with Gasteiger partial charge in [0.25, 0.3) is 0 Å². The minimum absolute atomic E-state index is 0.0102. The topological polar surface area (TPSA) is 69.3 Å². The zero-order valence-electron chi connectivity index (χ0n) is 19.4. The fourth-order valence-electron chi connectivity index (χ4n) is 5.96. The number of likely N-dealkylation sites (tertiary alicyclic amines) is 2. The van der Waals surface area contributed by atoms with Gasteiger partial charge in [-0.05, 0) is 56.2 Å². The van der Waals surface area contributed by atoms with Gasteiger partial charge in [0.1, 0.15) is 0 Å². The van der Waals surface area contributed by atoms with E-state index in [1.165, 1.54) is 12.8 Å². The van der Waals surface area contributed by atoms with Crippen molar-refractivity contribution >= 4 is 23.4 Å². The fourth-order valence-corrected chi connectivity index (χ4v) is 6.15. The summed E-state index contributed by atoms with van der Waals surface area (Å²) >= 11 is 6.23. The second-order valence-electron chi connectivity index (χ2n) is 10.2. The zero-order chi connectivity index (χ0) is 23.0. The highest BCUT2D eigenvalue weighted by Gasteiger charge is 2.45. The Labute approximate surface area is 200 Å². The highest BCUT2D eigenvalue weighted by Crippen LogP contribution is 2.42. The summed E-state index contributed by atoms with van der Waals surface area (Å²) in [4.78, 5) is 30.7. The number of benzene rings is 1. The molecule has 1 atom stereocenters. The fraction of sp³-hybridized carbons (Fsp3) is 0.577. The van der Waals surface area contributed by atoms with Crippen molar-refractivity contribution in [2.45, 2.75) is 64.3 Å². The van der Waals surface area contributed by atoms with Gasteiger partial charge in [0.05, 0.1) is 17.9 Å². The van der Waals surface area contributed by atoms with Crippen LogP contribution in [0.5, 0.6) is 0 Å². The van der Waals surface area contributed by atoms with Gasteiger partial charge in [-0.2, -0.15) is 5.10 Å². The summed E-state index contributed by atoms with van der Waals surface area (Å²) in [7, 11) is 0. The summed E-state index contributed by atoms with van der Waals surface area (Å²) in [6.07, 6.45) is 9.59. The first-order valence-corrected chi connectivity index (χ1v) is 12.7. The van der Waals surface area contributed by atoms with Crippen LogP contribution < -0.4 is 0 Å². The van der Waals surface area contributed by atoms with Crippen molar-refractivity contribution < 1.29 is 9.59 Å². The number of carbonyl (C=O) groups is 2. The summed E-state index contributed by atoms with van der Waals surface area (Å²) in [6.45, 7) is 4.23. The molecule has 176 valence electrons. The van der Waals surface area contributed by atoms with Crippen molar-refractivity contribution in [3.63, 3.8) is 0 Å². The summed E-state index contributed by atoms with van der Waals surface area (Å²) in [5.74, 6) is 0.729. The standard InChI is InChI=1S/C26H33ClN4O2/c1-26(11-14-30(15-12-26)24(32)18-6-2-3-7-18)25(33)31-13-5-10-22(31)23-21(17-28-29-23)19-8-4-9-20(27)16-19/h4,8-9,16-18,22H,2-3,5-7,10-15H2,1H3,(H,28,29)/t22-/m1/s1. The van der Waals surface area contributed by atoms with Crippen molar-refractivity contribution in [2.75, 3.05) is 19.6 Å². The number of hydrogen-bond acceptors (Lipinski definition) is 3. The van der Waals surface area contributed by atoms with Crippen molar-refractivity contribution in [1.29, 1.82) is 0 Å². The molecule has 1 saturated carbocycles. The minimum atomic E-state index is -0.425. The third-order valence-electron chi connectivity index (χ3n) is 8.05. The van der Waals surface area contributed by atoms with Gasteiger partial charge in [-0.25, -0.2) is 0 Å². The number of piperidine rings is 1. The molecule has 3 heterocycles. The quantitative estimate of drug-likeness (QED) is 0.669. The third-order valence-corrected chi connectivity index (χ3v) is 8.29. The maximum atomic E-state index is 13.8. The molecule has 0 unspecified atom stereocenters. The van der Waals surface area contributed by atoms with E-state index < -0.39 is 5.41 Å². The molecule has 0 radical (unpaired) electrons. The van der Waals surface area contributed by atoms with Gasteiger partial charge in [-0.1, -0.05) is 43.5 Å². The molecule has 0 spiro atoms. The lowest BCUT2D eigenvalue weighted by molar-refractivity contribution is -0.149. The van der Waals surface area contributed by atoms with Gasteiger partial charge in [-0.3, -0.25) is 14.7 Å². The van der Waals surface area contributed by atoms with Crippen LogP contribution in [-0.2, 0) is 9.59 Å². The number of amides is 2. The molecule has 2 amide bonds. The van der Waals surface area contributed by atoms with Crippen molar-refractivity contribution in [3.8, 4) is 11.1 Å². The smallest absolute Gasteiger partial charge is 0.229 e. The minimum Gasteiger partial charge on any atom is -0.342 e. The van der Waals surface area contributed by atoms with E-state index >= 15 is 0 Å². The van der Waals surface area contributed by atoms with Crippen LogP contribution in [0.3, 0.4) is 0 Å². The Bertz CT molecular complexity index is 1020. The number of aromatic nitrogens is 2. The van der Waals surface area contributed by atoms with Crippen LogP contribution in [0.2, 0.25) is 5.02 Å². The number of H-pyrrole nitrogens is 1. The molecule has 2 saturated heterocycles. The van der Waals surface area contributed by atoms with E-state index in [-0.39, 0.29) is 17.9 Å². The van der Waals surface area contributed by atoms with Crippen LogP contribution in [-0.4, -0.2) is 51.4 Å². The van der Waals surface area contributed by atoms with Crippen LogP contribution in [0.25, 0.3) is 11.1 Å². The van der Waals surface area contributed by atoms with Crippen LogP contribution >= 0.6 is 11.6 Å².